The fourth-order valence-corrected chi connectivity index (χ4v) is 4.12. The van der Waals surface area contributed by atoms with Crippen molar-refractivity contribution in [1.82, 2.24) is 5.32 Å². The fourth-order valence-electron chi connectivity index (χ4n) is 3.01. The number of ether oxygens (including phenoxy) is 3. The highest BCUT2D eigenvalue weighted by molar-refractivity contribution is 9.10. The second-order valence-corrected chi connectivity index (χ2v) is 8.03. The Bertz CT molecular complexity index is 762. The van der Waals surface area contributed by atoms with E-state index in [-0.39, 0.29) is 6.61 Å². The van der Waals surface area contributed by atoms with Crippen LogP contribution < -0.4 is 14.8 Å². The first-order chi connectivity index (χ1) is 13.1. The van der Waals surface area contributed by atoms with Crippen LogP contribution in [0.4, 0.5) is 0 Å². The van der Waals surface area contributed by atoms with E-state index < -0.39 is 0 Å². The molecular weight excluding hydrogens is 453 g/mol. The Morgan fingerprint density at radius 1 is 1.26 bits per heavy atom. The van der Waals surface area contributed by atoms with Crippen molar-refractivity contribution >= 4 is 39.1 Å². The Morgan fingerprint density at radius 2 is 2.04 bits per heavy atom. The fraction of sp³-hybridized carbons (Fsp3) is 0.400. The summed E-state index contributed by atoms with van der Waals surface area (Å²) in [6.07, 6.45) is 2.59. The molecule has 3 rings (SSSR count). The highest BCUT2D eigenvalue weighted by atomic mass is 79.9. The zero-order valence-corrected chi connectivity index (χ0v) is 18.2. The van der Waals surface area contributed by atoms with Gasteiger partial charge < -0.3 is 19.5 Å². The van der Waals surface area contributed by atoms with Gasteiger partial charge in [-0.15, -0.1) is 0 Å². The third-order valence-corrected chi connectivity index (χ3v) is 5.73. The minimum Gasteiger partial charge on any atom is -0.493 e. The first kappa shape index (κ1) is 20.7. The van der Waals surface area contributed by atoms with Crippen LogP contribution in [0, 0.1) is 0 Å². The lowest BCUT2D eigenvalue weighted by molar-refractivity contribution is 0.110. The molecule has 1 heterocycles. The second kappa shape index (κ2) is 9.99. The summed E-state index contributed by atoms with van der Waals surface area (Å²) in [4.78, 5) is 0. The van der Waals surface area contributed by atoms with Gasteiger partial charge >= 0.3 is 0 Å². The maximum atomic E-state index is 6.22. The number of benzene rings is 2. The molecule has 0 saturated carbocycles. The Morgan fingerprint density at radius 3 is 2.70 bits per heavy atom. The van der Waals surface area contributed by atoms with Crippen LogP contribution in [-0.4, -0.2) is 26.4 Å². The molecule has 0 spiro atoms. The van der Waals surface area contributed by atoms with Gasteiger partial charge in [-0.05, 0) is 58.6 Å². The first-order valence-corrected chi connectivity index (χ1v) is 10.4. The van der Waals surface area contributed by atoms with Crippen LogP contribution in [0.25, 0.3) is 0 Å². The standard InChI is InChI=1S/C20H22BrCl2NO3/c1-25-19-9-13(10-24-11-14-4-3-7-26-14)8-16(21)20(19)27-12-15-17(22)5-2-6-18(15)23/h2,5-6,8-9,14,24H,3-4,7,10-12H2,1H3/t14-/m0/s1. The zero-order valence-electron chi connectivity index (χ0n) is 15.1. The molecule has 1 fully saturated rings. The third kappa shape index (κ3) is 5.52. The maximum Gasteiger partial charge on any atom is 0.175 e. The van der Waals surface area contributed by atoms with E-state index in [1.54, 1.807) is 19.2 Å². The summed E-state index contributed by atoms with van der Waals surface area (Å²) in [7, 11) is 1.63. The summed E-state index contributed by atoms with van der Waals surface area (Å²) in [6, 6.07) is 9.39. The third-order valence-electron chi connectivity index (χ3n) is 4.44. The molecule has 1 aliphatic rings. The molecule has 0 unspecified atom stereocenters. The van der Waals surface area contributed by atoms with Gasteiger partial charge in [0, 0.05) is 35.3 Å². The number of rotatable bonds is 8. The number of halogens is 3. The van der Waals surface area contributed by atoms with Crippen LogP contribution in [0.5, 0.6) is 11.5 Å². The van der Waals surface area contributed by atoms with E-state index in [2.05, 4.69) is 21.2 Å². The van der Waals surface area contributed by atoms with Gasteiger partial charge in [-0.1, -0.05) is 29.3 Å². The molecule has 2 aromatic carbocycles. The van der Waals surface area contributed by atoms with E-state index in [0.717, 1.165) is 48.1 Å². The average Bonchev–Trinajstić information content (AvgIpc) is 3.15. The lowest BCUT2D eigenvalue weighted by atomic mass is 10.2. The highest BCUT2D eigenvalue weighted by Crippen LogP contribution is 2.38. The predicted molar refractivity (Wildman–Crippen MR) is 112 cm³/mol. The first-order valence-electron chi connectivity index (χ1n) is 8.83. The maximum absolute atomic E-state index is 6.22. The lowest BCUT2D eigenvalue weighted by Crippen LogP contribution is -2.25. The molecule has 7 heteroatoms. The summed E-state index contributed by atoms with van der Waals surface area (Å²) in [6.45, 7) is 2.70. The van der Waals surface area contributed by atoms with Crippen molar-refractivity contribution in [2.24, 2.45) is 0 Å². The Kier molecular flexibility index (Phi) is 7.67. The summed E-state index contributed by atoms with van der Waals surface area (Å²) >= 11 is 16.0. The Labute approximate surface area is 178 Å². The van der Waals surface area contributed by atoms with E-state index in [0.29, 0.717) is 27.6 Å². The van der Waals surface area contributed by atoms with Crippen molar-refractivity contribution < 1.29 is 14.2 Å². The number of hydrogen-bond donors (Lipinski definition) is 1. The van der Waals surface area contributed by atoms with Crippen LogP contribution in [0.15, 0.2) is 34.8 Å². The molecular formula is C20H22BrCl2NO3. The van der Waals surface area contributed by atoms with E-state index in [1.807, 2.05) is 18.2 Å². The van der Waals surface area contributed by atoms with Crippen LogP contribution in [0.1, 0.15) is 24.0 Å². The molecule has 1 aliphatic heterocycles. The van der Waals surface area contributed by atoms with Crippen molar-refractivity contribution in [3.63, 3.8) is 0 Å². The molecule has 0 radical (unpaired) electrons. The molecule has 0 bridgehead atoms. The summed E-state index contributed by atoms with van der Waals surface area (Å²) in [5.41, 5.74) is 1.84. The zero-order chi connectivity index (χ0) is 19.2. The minimum absolute atomic E-state index is 0.254. The van der Waals surface area contributed by atoms with E-state index in [9.17, 15) is 0 Å². The minimum atomic E-state index is 0.254. The van der Waals surface area contributed by atoms with Crippen molar-refractivity contribution in [3.05, 3.63) is 56.0 Å². The summed E-state index contributed by atoms with van der Waals surface area (Å²) < 4.78 is 17.9. The molecule has 4 nitrogen and oxygen atoms in total. The molecule has 2 aromatic rings. The predicted octanol–water partition coefficient (Wildman–Crippen LogP) is 5.61. The largest absolute Gasteiger partial charge is 0.493 e. The van der Waals surface area contributed by atoms with E-state index in [1.165, 1.54) is 0 Å². The monoisotopic (exact) mass is 473 g/mol. The van der Waals surface area contributed by atoms with Crippen molar-refractivity contribution in [2.75, 3.05) is 20.3 Å². The van der Waals surface area contributed by atoms with Crippen LogP contribution in [0.2, 0.25) is 10.0 Å². The van der Waals surface area contributed by atoms with E-state index >= 15 is 0 Å². The lowest BCUT2D eigenvalue weighted by Gasteiger charge is -2.16. The Balaban J connectivity index is 1.66. The van der Waals surface area contributed by atoms with Gasteiger partial charge in [-0.25, -0.2) is 0 Å². The Hall–Kier alpha value is -0.980. The molecule has 27 heavy (non-hydrogen) atoms. The van der Waals surface area contributed by atoms with Gasteiger partial charge in [0.2, 0.25) is 0 Å². The molecule has 146 valence electrons. The molecule has 1 atom stereocenters. The van der Waals surface area contributed by atoms with Crippen LogP contribution in [-0.2, 0) is 17.9 Å². The topological polar surface area (TPSA) is 39.7 Å². The highest BCUT2D eigenvalue weighted by Gasteiger charge is 2.16. The van der Waals surface area contributed by atoms with Crippen molar-refractivity contribution in [2.45, 2.75) is 32.1 Å². The number of methoxy groups -OCH3 is 1. The van der Waals surface area contributed by atoms with Crippen LogP contribution >= 0.6 is 39.1 Å². The van der Waals surface area contributed by atoms with Gasteiger partial charge in [-0.3, -0.25) is 0 Å². The van der Waals surface area contributed by atoms with Gasteiger partial charge in [-0.2, -0.15) is 0 Å². The smallest absolute Gasteiger partial charge is 0.175 e. The summed E-state index contributed by atoms with van der Waals surface area (Å²) in [5.74, 6) is 1.28. The van der Waals surface area contributed by atoms with E-state index in [4.69, 9.17) is 37.4 Å². The SMILES string of the molecule is COc1cc(CNC[C@@H]2CCCO2)cc(Br)c1OCc1c(Cl)cccc1Cl. The van der Waals surface area contributed by atoms with Crippen molar-refractivity contribution in [3.8, 4) is 11.5 Å². The molecule has 0 amide bonds. The van der Waals surface area contributed by atoms with Gasteiger partial charge in [0.25, 0.3) is 0 Å². The van der Waals surface area contributed by atoms with Gasteiger partial charge in [0.1, 0.15) is 6.61 Å². The van der Waals surface area contributed by atoms with Crippen LogP contribution in [0.3, 0.4) is 0 Å². The number of hydrogen-bond acceptors (Lipinski definition) is 4. The molecule has 1 N–H and O–H groups in total. The van der Waals surface area contributed by atoms with Gasteiger partial charge in [0.05, 0.1) is 17.7 Å². The second-order valence-electron chi connectivity index (χ2n) is 6.36. The average molecular weight is 475 g/mol. The quantitative estimate of drug-likeness (QED) is 0.539. The molecule has 1 saturated heterocycles. The molecule has 0 aliphatic carbocycles. The molecule has 0 aromatic heterocycles. The van der Waals surface area contributed by atoms with Crippen molar-refractivity contribution in [1.29, 1.82) is 0 Å². The normalized spacial score (nSPS) is 16.5. The van der Waals surface area contributed by atoms with Gasteiger partial charge in [0.15, 0.2) is 11.5 Å². The number of nitrogens with one attached hydrogen (secondary N) is 1. The summed E-state index contributed by atoms with van der Waals surface area (Å²) in [5, 5.41) is 4.59.